The van der Waals surface area contributed by atoms with Crippen LogP contribution in [0.1, 0.15) is 21.5 Å². The number of ether oxygens (including phenoxy) is 4. The Morgan fingerprint density at radius 3 is 2.66 bits per heavy atom. The molecule has 0 aliphatic carbocycles. The Morgan fingerprint density at radius 2 is 1.88 bits per heavy atom. The smallest absolute Gasteiger partial charge is 0.185 e. The van der Waals surface area contributed by atoms with E-state index < -0.39 is 5.82 Å². The Morgan fingerprint density at radius 1 is 1.06 bits per heavy atom. The van der Waals surface area contributed by atoms with E-state index in [0.29, 0.717) is 41.8 Å². The molecule has 0 fully saturated rings. The summed E-state index contributed by atoms with van der Waals surface area (Å²) in [4.78, 5) is 12.6. The van der Waals surface area contributed by atoms with Gasteiger partial charge >= 0.3 is 0 Å². The van der Waals surface area contributed by atoms with Gasteiger partial charge in [-0.15, -0.1) is 0 Å². The molecular weight excluding hydrogens is 435 g/mol. The Bertz CT molecular complexity index is 1170. The molecule has 0 unspecified atom stereocenters. The van der Waals surface area contributed by atoms with Crippen LogP contribution in [0.15, 0.2) is 60.7 Å². The van der Waals surface area contributed by atoms with E-state index in [1.165, 1.54) is 24.3 Å². The van der Waals surface area contributed by atoms with E-state index in [4.69, 9.17) is 30.5 Å². The Hall–Kier alpha value is -3.51. The molecule has 0 saturated heterocycles. The summed E-state index contributed by atoms with van der Waals surface area (Å²) in [6.07, 6.45) is 3.22. The molecule has 164 valence electrons. The second-order valence-electron chi connectivity index (χ2n) is 6.99. The molecule has 0 aromatic heterocycles. The number of benzene rings is 3. The number of halogens is 2. The Balaban J connectivity index is 1.48. The summed E-state index contributed by atoms with van der Waals surface area (Å²) < 4.78 is 35.5. The Labute approximate surface area is 189 Å². The number of ketones is 1. The van der Waals surface area contributed by atoms with Crippen LogP contribution in [0.25, 0.3) is 6.08 Å². The molecule has 1 heterocycles. The van der Waals surface area contributed by atoms with Crippen molar-refractivity contribution in [1.82, 2.24) is 0 Å². The molecule has 32 heavy (non-hydrogen) atoms. The molecule has 0 radical (unpaired) electrons. The van der Waals surface area contributed by atoms with Crippen LogP contribution in [0.3, 0.4) is 0 Å². The van der Waals surface area contributed by atoms with Crippen LogP contribution in [0.5, 0.6) is 23.0 Å². The van der Waals surface area contributed by atoms with E-state index in [2.05, 4.69) is 0 Å². The van der Waals surface area contributed by atoms with Crippen LogP contribution >= 0.6 is 11.6 Å². The minimum Gasteiger partial charge on any atom is -0.496 e. The lowest BCUT2D eigenvalue weighted by molar-refractivity contribution is 0.104. The van der Waals surface area contributed by atoms with Gasteiger partial charge in [-0.25, -0.2) is 4.39 Å². The van der Waals surface area contributed by atoms with Crippen molar-refractivity contribution in [3.8, 4) is 23.0 Å². The van der Waals surface area contributed by atoms with E-state index in [1.54, 1.807) is 37.5 Å². The molecule has 1 aliphatic rings. The third-order valence-electron chi connectivity index (χ3n) is 4.84. The fourth-order valence-corrected chi connectivity index (χ4v) is 3.38. The lowest BCUT2D eigenvalue weighted by Gasteiger charge is -2.18. The maximum atomic E-state index is 13.3. The van der Waals surface area contributed by atoms with Crippen LogP contribution in [0, 0.1) is 5.82 Å². The molecule has 3 aromatic carbocycles. The highest BCUT2D eigenvalue weighted by Crippen LogP contribution is 2.31. The van der Waals surface area contributed by atoms with Crippen molar-refractivity contribution in [1.29, 1.82) is 0 Å². The fourth-order valence-electron chi connectivity index (χ4n) is 3.21. The van der Waals surface area contributed by atoms with E-state index in [9.17, 15) is 9.18 Å². The van der Waals surface area contributed by atoms with E-state index in [-0.39, 0.29) is 17.4 Å². The monoisotopic (exact) mass is 454 g/mol. The number of methoxy groups -OCH3 is 1. The van der Waals surface area contributed by atoms with Crippen molar-refractivity contribution >= 4 is 23.5 Å². The van der Waals surface area contributed by atoms with Gasteiger partial charge in [0.15, 0.2) is 17.3 Å². The van der Waals surface area contributed by atoms with Gasteiger partial charge < -0.3 is 18.9 Å². The summed E-state index contributed by atoms with van der Waals surface area (Å²) in [5, 5.41) is -0.0104. The quantitative estimate of drug-likeness (QED) is 0.337. The number of allylic oxidation sites excluding steroid dienone is 1. The highest BCUT2D eigenvalue weighted by Gasteiger charge is 2.14. The SMILES string of the molecule is COc1ccc(/C=C/C(=O)c2ccc3c(c2)OCCO3)cc1COc1ccc(F)c(Cl)c1. The van der Waals surface area contributed by atoms with Crippen LogP contribution in [0.4, 0.5) is 4.39 Å². The molecule has 5 nitrogen and oxygen atoms in total. The molecule has 3 aromatic rings. The van der Waals surface area contributed by atoms with Crippen molar-refractivity contribution in [2.75, 3.05) is 20.3 Å². The van der Waals surface area contributed by atoms with Gasteiger partial charge in [0.2, 0.25) is 0 Å². The van der Waals surface area contributed by atoms with Crippen LogP contribution in [-0.2, 0) is 6.61 Å². The summed E-state index contributed by atoms with van der Waals surface area (Å²) in [7, 11) is 1.56. The summed E-state index contributed by atoms with van der Waals surface area (Å²) in [5.41, 5.74) is 2.07. The van der Waals surface area contributed by atoms with Gasteiger partial charge in [0, 0.05) is 17.2 Å². The molecule has 0 amide bonds. The maximum absolute atomic E-state index is 13.3. The predicted octanol–water partition coefficient (Wildman–Crippen LogP) is 5.73. The van der Waals surface area contributed by atoms with Crippen molar-refractivity contribution in [2.45, 2.75) is 6.61 Å². The van der Waals surface area contributed by atoms with Crippen molar-refractivity contribution in [3.05, 3.63) is 88.2 Å². The van der Waals surface area contributed by atoms with Crippen molar-refractivity contribution in [3.63, 3.8) is 0 Å². The first-order valence-corrected chi connectivity index (χ1v) is 10.3. The zero-order chi connectivity index (χ0) is 22.5. The van der Waals surface area contributed by atoms with Crippen molar-refractivity contribution < 1.29 is 28.1 Å². The van der Waals surface area contributed by atoms with Crippen LogP contribution < -0.4 is 18.9 Å². The minimum atomic E-state index is -0.508. The number of carbonyl (C=O) groups excluding carboxylic acids is 1. The fraction of sp³-hybridized carbons (Fsp3) is 0.160. The molecular formula is C25H20ClFO5. The second-order valence-corrected chi connectivity index (χ2v) is 7.40. The molecule has 0 saturated carbocycles. The average Bonchev–Trinajstić information content (AvgIpc) is 2.83. The second kappa shape index (κ2) is 9.75. The summed E-state index contributed by atoms with van der Waals surface area (Å²) >= 11 is 5.80. The number of carbonyl (C=O) groups is 1. The number of hydrogen-bond donors (Lipinski definition) is 0. The molecule has 0 spiro atoms. The van der Waals surface area contributed by atoms with E-state index in [1.807, 2.05) is 12.1 Å². The van der Waals surface area contributed by atoms with Gasteiger partial charge in [-0.2, -0.15) is 0 Å². The number of rotatable bonds is 7. The van der Waals surface area contributed by atoms with Gasteiger partial charge in [0.05, 0.1) is 12.1 Å². The zero-order valence-corrected chi connectivity index (χ0v) is 18.0. The van der Waals surface area contributed by atoms with E-state index in [0.717, 1.165) is 11.1 Å². The van der Waals surface area contributed by atoms with Gasteiger partial charge in [0.25, 0.3) is 0 Å². The molecule has 0 atom stereocenters. The van der Waals surface area contributed by atoms with Gasteiger partial charge in [-0.3, -0.25) is 4.79 Å². The summed E-state index contributed by atoms with van der Waals surface area (Å²) in [6.45, 7) is 1.14. The van der Waals surface area contributed by atoms with Gasteiger partial charge in [-0.05, 0) is 54.1 Å². The minimum absolute atomic E-state index is 0.0104. The van der Waals surface area contributed by atoms with E-state index >= 15 is 0 Å². The predicted molar refractivity (Wildman–Crippen MR) is 120 cm³/mol. The third-order valence-corrected chi connectivity index (χ3v) is 5.13. The molecule has 7 heteroatoms. The first kappa shape index (κ1) is 21.7. The molecule has 1 aliphatic heterocycles. The number of fused-ring (bicyclic) bond motifs is 1. The standard InChI is InChI=1S/C25H20ClFO5/c1-29-23-8-3-16(12-18(23)15-32-19-5-6-21(27)20(26)14-19)2-7-22(28)17-4-9-24-25(13-17)31-11-10-30-24/h2-9,12-14H,10-11,15H2,1H3/b7-2+. The van der Waals surface area contributed by atoms with Crippen molar-refractivity contribution in [2.24, 2.45) is 0 Å². The topological polar surface area (TPSA) is 54.0 Å². The van der Waals surface area contributed by atoms with Crippen LogP contribution in [-0.4, -0.2) is 26.1 Å². The first-order chi connectivity index (χ1) is 15.5. The highest BCUT2D eigenvalue weighted by atomic mass is 35.5. The Kier molecular flexibility index (Phi) is 6.61. The normalized spacial score (nSPS) is 12.6. The molecule has 4 rings (SSSR count). The third kappa shape index (κ3) is 5.03. The largest absolute Gasteiger partial charge is 0.496 e. The van der Waals surface area contributed by atoms with Gasteiger partial charge in [-0.1, -0.05) is 23.7 Å². The zero-order valence-electron chi connectivity index (χ0n) is 17.3. The summed E-state index contributed by atoms with van der Waals surface area (Å²) in [6, 6.07) is 14.8. The number of hydrogen-bond acceptors (Lipinski definition) is 5. The van der Waals surface area contributed by atoms with Crippen LogP contribution in [0.2, 0.25) is 5.02 Å². The maximum Gasteiger partial charge on any atom is 0.185 e. The highest BCUT2D eigenvalue weighted by molar-refractivity contribution is 6.30. The first-order valence-electron chi connectivity index (χ1n) is 9.90. The summed E-state index contributed by atoms with van der Waals surface area (Å²) in [5.74, 6) is 1.61. The van der Waals surface area contributed by atoms with Gasteiger partial charge in [0.1, 0.15) is 37.1 Å². The molecule has 0 N–H and O–H groups in total. The molecule has 0 bridgehead atoms. The lowest BCUT2D eigenvalue weighted by atomic mass is 10.1. The lowest BCUT2D eigenvalue weighted by Crippen LogP contribution is -2.15. The average molecular weight is 455 g/mol.